The van der Waals surface area contributed by atoms with Gasteiger partial charge < -0.3 is 10.1 Å². The number of rotatable bonds is 5. The van der Waals surface area contributed by atoms with Crippen molar-refractivity contribution < 1.29 is 9.13 Å². The first kappa shape index (κ1) is 14.0. The van der Waals surface area contributed by atoms with Crippen molar-refractivity contribution in [3.05, 3.63) is 57.9 Å². The van der Waals surface area contributed by atoms with E-state index >= 15 is 0 Å². The van der Waals surface area contributed by atoms with E-state index in [0.29, 0.717) is 23.4 Å². The smallest absolute Gasteiger partial charge is 0.213 e. The number of halogens is 2. The minimum atomic E-state index is -0.248. The highest BCUT2D eigenvalue weighted by atomic mass is 79.9. The predicted molar refractivity (Wildman–Crippen MR) is 75.4 cm³/mol. The van der Waals surface area contributed by atoms with Crippen molar-refractivity contribution in [2.45, 2.75) is 13.1 Å². The second-order valence-corrected chi connectivity index (χ2v) is 4.91. The topological polar surface area (TPSA) is 34.1 Å². The normalized spacial score (nSPS) is 10.5. The summed E-state index contributed by atoms with van der Waals surface area (Å²) in [5.74, 6) is 0.353. The second-order valence-electron chi connectivity index (χ2n) is 4.06. The van der Waals surface area contributed by atoms with Crippen LogP contribution in [0.5, 0.6) is 5.88 Å². The maximum absolute atomic E-state index is 13.1. The fourth-order valence-electron chi connectivity index (χ4n) is 1.67. The molecule has 0 radical (unpaired) electrons. The molecule has 1 aromatic carbocycles. The van der Waals surface area contributed by atoms with Gasteiger partial charge in [-0.3, -0.25) is 0 Å². The summed E-state index contributed by atoms with van der Waals surface area (Å²) in [7, 11) is 1.59. The zero-order valence-corrected chi connectivity index (χ0v) is 12.1. The van der Waals surface area contributed by atoms with Gasteiger partial charge in [-0.25, -0.2) is 9.37 Å². The number of hydrogen-bond donors (Lipinski definition) is 1. The fraction of sp³-hybridized carbons (Fsp3) is 0.214. The van der Waals surface area contributed by atoms with E-state index in [4.69, 9.17) is 4.74 Å². The van der Waals surface area contributed by atoms with Crippen molar-refractivity contribution in [3.63, 3.8) is 0 Å². The largest absolute Gasteiger partial charge is 0.481 e. The number of hydrogen-bond acceptors (Lipinski definition) is 3. The second kappa shape index (κ2) is 6.63. The van der Waals surface area contributed by atoms with Crippen LogP contribution in [-0.4, -0.2) is 12.1 Å². The molecule has 0 saturated heterocycles. The molecule has 0 spiro atoms. The van der Waals surface area contributed by atoms with Crippen LogP contribution >= 0.6 is 15.9 Å². The average molecular weight is 325 g/mol. The van der Waals surface area contributed by atoms with E-state index in [0.717, 1.165) is 11.1 Å². The Morgan fingerprint density at radius 3 is 2.63 bits per heavy atom. The van der Waals surface area contributed by atoms with Gasteiger partial charge in [0.2, 0.25) is 5.88 Å². The number of benzene rings is 1. The van der Waals surface area contributed by atoms with Gasteiger partial charge in [0, 0.05) is 25.4 Å². The summed E-state index contributed by atoms with van der Waals surface area (Å²) in [5.41, 5.74) is 2.11. The third-order valence-electron chi connectivity index (χ3n) is 2.65. The molecule has 19 heavy (non-hydrogen) atoms. The summed E-state index contributed by atoms with van der Waals surface area (Å²) in [4.78, 5) is 4.05. The van der Waals surface area contributed by atoms with Crippen molar-refractivity contribution in [1.82, 2.24) is 10.3 Å². The highest BCUT2D eigenvalue weighted by Crippen LogP contribution is 2.16. The molecule has 0 aliphatic carbocycles. The molecule has 1 aromatic heterocycles. The monoisotopic (exact) mass is 324 g/mol. The first-order valence-electron chi connectivity index (χ1n) is 5.82. The molecular weight excluding hydrogens is 311 g/mol. The first-order valence-corrected chi connectivity index (χ1v) is 6.62. The van der Waals surface area contributed by atoms with Crippen molar-refractivity contribution >= 4 is 15.9 Å². The highest BCUT2D eigenvalue weighted by molar-refractivity contribution is 9.10. The van der Waals surface area contributed by atoms with Gasteiger partial charge in [0.1, 0.15) is 5.82 Å². The molecule has 0 atom stereocenters. The summed E-state index contributed by atoms with van der Waals surface area (Å²) in [6, 6.07) is 8.80. The van der Waals surface area contributed by atoms with E-state index in [1.165, 1.54) is 6.07 Å². The lowest BCUT2D eigenvalue weighted by atomic mass is 10.2. The van der Waals surface area contributed by atoms with Gasteiger partial charge in [0.05, 0.1) is 11.6 Å². The number of aromatic nitrogens is 1. The SMILES string of the molecule is COc1cc(CNCc2ccc(F)c(Br)c2)ccn1. The minimum Gasteiger partial charge on any atom is -0.481 e. The van der Waals surface area contributed by atoms with Crippen LogP contribution in [0.2, 0.25) is 0 Å². The highest BCUT2D eigenvalue weighted by Gasteiger charge is 2.01. The summed E-state index contributed by atoms with van der Waals surface area (Å²) in [6.45, 7) is 1.37. The molecule has 5 heteroatoms. The van der Waals surface area contributed by atoms with Gasteiger partial charge in [0.25, 0.3) is 0 Å². The Morgan fingerprint density at radius 2 is 1.95 bits per heavy atom. The molecular formula is C14H14BrFN2O. The van der Waals surface area contributed by atoms with Crippen molar-refractivity contribution in [1.29, 1.82) is 0 Å². The minimum absolute atomic E-state index is 0.248. The molecule has 0 aliphatic rings. The summed E-state index contributed by atoms with van der Waals surface area (Å²) in [6.07, 6.45) is 1.71. The molecule has 2 rings (SSSR count). The van der Waals surface area contributed by atoms with Gasteiger partial charge in [-0.15, -0.1) is 0 Å². The average Bonchev–Trinajstić information content (AvgIpc) is 2.43. The number of ether oxygens (including phenoxy) is 1. The Bertz CT molecular complexity index is 563. The van der Waals surface area contributed by atoms with Crippen LogP contribution < -0.4 is 10.1 Å². The quantitative estimate of drug-likeness (QED) is 0.916. The van der Waals surface area contributed by atoms with Crippen LogP contribution in [0.25, 0.3) is 0 Å². The standard InChI is InChI=1S/C14H14BrFN2O/c1-19-14-7-11(4-5-18-14)9-17-8-10-2-3-13(16)12(15)6-10/h2-7,17H,8-9H2,1H3. The molecule has 1 heterocycles. The van der Waals surface area contributed by atoms with E-state index < -0.39 is 0 Å². The van der Waals surface area contributed by atoms with Gasteiger partial charge in [-0.2, -0.15) is 0 Å². The molecule has 2 aromatic rings. The molecule has 0 unspecified atom stereocenters. The van der Waals surface area contributed by atoms with E-state index in [2.05, 4.69) is 26.2 Å². The lowest BCUT2D eigenvalue weighted by Crippen LogP contribution is -2.12. The van der Waals surface area contributed by atoms with E-state index in [9.17, 15) is 4.39 Å². The Balaban J connectivity index is 1.90. The van der Waals surface area contributed by atoms with Crippen LogP contribution in [0.4, 0.5) is 4.39 Å². The van der Waals surface area contributed by atoms with E-state index in [1.54, 1.807) is 25.4 Å². The third kappa shape index (κ3) is 4.01. The Kier molecular flexibility index (Phi) is 4.87. The van der Waals surface area contributed by atoms with Gasteiger partial charge in [0.15, 0.2) is 0 Å². The van der Waals surface area contributed by atoms with Crippen LogP contribution in [0.3, 0.4) is 0 Å². The maximum Gasteiger partial charge on any atom is 0.213 e. The number of pyridine rings is 1. The molecule has 0 amide bonds. The molecule has 0 bridgehead atoms. The molecule has 0 aliphatic heterocycles. The number of methoxy groups -OCH3 is 1. The molecule has 0 saturated carbocycles. The van der Waals surface area contributed by atoms with Crippen molar-refractivity contribution in [3.8, 4) is 5.88 Å². The molecule has 0 fully saturated rings. The third-order valence-corrected chi connectivity index (χ3v) is 3.26. The van der Waals surface area contributed by atoms with Crippen molar-refractivity contribution in [2.75, 3.05) is 7.11 Å². The van der Waals surface area contributed by atoms with Gasteiger partial charge in [-0.05, 0) is 45.3 Å². The zero-order valence-electron chi connectivity index (χ0n) is 10.5. The van der Waals surface area contributed by atoms with Crippen molar-refractivity contribution in [2.24, 2.45) is 0 Å². The molecule has 1 N–H and O–H groups in total. The fourth-order valence-corrected chi connectivity index (χ4v) is 2.10. The maximum atomic E-state index is 13.1. The van der Waals surface area contributed by atoms with Crippen LogP contribution in [0, 0.1) is 5.82 Å². The number of nitrogens with zero attached hydrogens (tertiary/aromatic N) is 1. The van der Waals surface area contributed by atoms with Crippen LogP contribution in [0.1, 0.15) is 11.1 Å². The predicted octanol–water partition coefficient (Wildman–Crippen LogP) is 3.28. The lowest BCUT2D eigenvalue weighted by Gasteiger charge is -2.07. The molecule has 100 valence electrons. The zero-order chi connectivity index (χ0) is 13.7. The Labute approximate surface area is 119 Å². The lowest BCUT2D eigenvalue weighted by molar-refractivity contribution is 0.397. The number of nitrogens with one attached hydrogen (secondary N) is 1. The van der Waals surface area contributed by atoms with E-state index in [-0.39, 0.29) is 5.82 Å². The van der Waals surface area contributed by atoms with Gasteiger partial charge in [-0.1, -0.05) is 6.07 Å². The van der Waals surface area contributed by atoms with Crippen LogP contribution in [0.15, 0.2) is 41.0 Å². The summed E-state index contributed by atoms with van der Waals surface area (Å²) in [5, 5.41) is 3.29. The Hall–Kier alpha value is -1.46. The molecule has 3 nitrogen and oxygen atoms in total. The van der Waals surface area contributed by atoms with Gasteiger partial charge >= 0.3 is 0 Å². The summed E-state index contributed by atoms with van der Waals surface area (Å²) < 4.78 is 18.6. The van der Waals surface area contributed by atoms with E-state index in [1.807, 2.05) is 12.1 Å². The van der Waals surface area contributed by atoms with Crippen LogP contribution in [-0.2, 0) is 13.1 Å². The Morgan fingerprint density at radius 1 is 1.21 bits per heavy atom. The summed E-state index contributed by atoms with van der Waals surface area (Å²) >= 11 is 3.17. The first-order chi connectivity index (χ1) is 9.19.